The molecule has 0 aliphatic heterocycles. The summed E-state index contributed by atoms with van der Waals surface area (Å²) in [5.41, 5.74) is 1.88. The molecule has 2 aromatic carbocycles. The van der Waals surface area contributed by atoms with Crippen molar-refractivity contribution in [3.05, 3.63) is 62.1 Å². The van der Waals surface area contributed by atoms with E-state index in [1.165, 1.54) is 12.1 Å². The van der Waals surface area contributed by atoms with Crippen molar-refractivity contribution in [2.75, 3.05) is 25.0 Å². The first kappa shape index (κ1) is 22.3. The van der Waals surface area contributed by atoms with Crippen LogP contribution in [0.2, 0.25) is 10.0 Å². The zero-order chi connectivity index (χ0) is 18.2. The fourth-order valence-electron chi connectivity index (χ4n) is 2.23. The zero-order valence-electron chi connectivity index (χ0n) is 14.1. The topological polar surface area (TPSA) is 76.4 Å². The van der Waals surface area contributed by atoms with Gasteiger partial charge < -0.3 is 15.4 Å². The van der Waals surface area contributed by atoms with Crippen LogP contribution in [0.15, 0.2) is 36.4 Å². The van der Waals surface area contributed by atoms with Crippen LogP contribution in [-0.2, 0) is 6.54 Å². The second kappa shape index (κ2) is 11.1. The van der Waals surface area contributed by atoms with Gasteiger partial charge in [0, 0.05) is 37.5 Å². The minimum Gasteiger partial charge on any atom is -0.491 e. The number of ether oxygens (including phenoxy) is 1. The Kier molecular flexibility index (Phi) is 9.51. The second-order valence-electron chi connectivity index (χ2n) is 5.23. The van der Waals surface area contributed by atoms with Gasteiger partial charge in [0.05, 0.1) is 21.6 Å². The lowest BCUT2D eigenvalue weighted by molar-refractivity contribution is -0.384. The molecule has 0 spiro atoms. The molecule has 6 nitrogen and oxygen atoms in total. The Morgan fingerprint density at radius 2 is 1.73 bits per heavy atom. The number of nitrogens with zero attached hydrogens (tertiary/aromatic N) is 1. The highest BCUT2D eigenvalue weighted by Gasteiger charge is 2.09. The number of nitrogens with one attached hydrogen (secondary N) is 2. The zero-order valence-corrected chi connectivity index (χ0v) is 16.5. The molecule has 0 aliphatic rings. The average Bonchev–Trinajstić information content (AvgIpc) is 2.58. The van der Waals surface area contributed by atoms with Crippen molar-refractivity contribution in [2.45, 2.75) is 13.5 Å². The van der Waals surface area contributed by atoms with Gasteiger partial charge in [-0.05, 0) is 36.8 Å². The van der Waals surface area contributed by atoms with Crippen molar-refractivity contribution in [2.24, 2.45) is 0 Å². The molecule has 0 saturated heterocycles. The van der Waals surface area contributed by atoms with Gasteiger partial charge in [-0.2, -0.15) is 0 Å². The molecule has 26 heavy (non-hydrogen) atoms. The number of halogens is 3. The number of benzene rings is 2. The third kappa shape index (κ3) is 6.53. The third-order valence-electron chi connectivity index (χ3n) is 3.38. The average molecular weight is 421 g/mol. The van der Waals surface area contributed by atoms with Crippen LogP contribution in [0.4, 0.5) is 11.4 Å². The van der Waals surface area contributed by atoms with Gasteiger partial charge in [-0.15, -0.1) is 12.4 Å². The van der Waals surface area contributed by atoms with Gasteiger partial charge in [-0.1, -0.05) is 23.2 Å². The SMILES string of the molecule is CCOc1c(Cl)cc(CNCCNc2ccc([N+](=O)[O-])cc2)cc1Cl.Cl. The van der Waals surface area contributed by atoms with E-state index in [1.807, 2.05) is 19.1 Å². The molecule has 0 aromatic heterocycles. The third-order valence-corrected chi connectivity index (χ3v) is 3.95. The summed E-state index contributed by atoms with van der Waals surface area (Å²) in [6, 6.07) is 9.97. The Bertz CT molecular complexity index is 704. The monoisotopic (exact) mass is 419 g/mol. The lowest BCUT2D eigenvalue weighted by Crippen LogP contribution is -2.21. The number of nitro groups is 1. The molecular formula is C17H20Cl3N3O3. The highest BCUT2D eigenvalue weighted by molar-refractivity contribution is 6.37. The maximum absolute atomic E-state index is 10.6. The molecule has 0 aliphatic carbocycles. The molecule has 0 heterocycles. The summed E-state index contributed by atoms with van der Waals surface area (Å²) in [4.78, 5) is 10.2. The molecule has 0 amide bonds. The summed E-state index contributed by atoms with van der Waals surface area (Å²) in [6.45, 7) is 4.38. The highest BCUT2D eigenvalue weighted by atomic mass is 35.5. The lowest BCUT2D eigenvalue weighted by atomic mass is 10.2. The van der Waals surface area contributed by atoms with Gasteiger partial charge >= 0.3 is 0 Å². The van der Waals surface area contributed by atoms with Crippen LogP contribution in [0.3, 0.4) is 0 Å². The highest BCUT2D eigenvalue weighted by Crippen LogP contribution is 2.34. The number of hydrogen-bond donors (Lipinski definition) is 2. The van der Waals surface area contributed by atoms with Crippen LogP contribution < -0.4 is 15.4 Å². The summed E-state index contributed by atoms with van der Waals surface area (Å²) in [6.07, 6.45) is 0. The Balaban J connectivity index is 0.00000338. The number of rotatable bonds is 9. The maximum atomic E-state index is 10.6. The minimum absolute atomic E-state index is 0. The van der Waals surface area contributed by atoms with Gasteiger partial charge in [0.15, 0.2) is 5.75 Å². The molecule has 0 bridgehead atoms. The summed E-state index contributed by atoms with van der Waals surface area (Å²) in [5.74, 6) is 0.509. The summed E-state index contributed by atoms with van der Waals surface area (Å²) in [5, 5.41) is 18.1. The van der Waals surface area contributed by atoms with Crippen molar-refractivity contribution in [1.82, 2.24) is 5.32 Å². The molecular weight excluding hydrogens is 401 g/mol. The van der Waals surface area contributed by atoms with Crippen molar-refractivity contribution < 1.29 is 9.66 Å². The van der Waals surface area contributed by atoms with Crippen LogP contribution in [-0.4, -0.2) is 24.6 Å². The van der Waals surface area contributed by atoms with Gasteiger partial charge in [0.25, 0.3) is 5.69 Å². The van der Waals surface area contributed by atoms with Crippen molar-refractivity contribution in [1.29, 1.82) is 0 Å². The first-order chi connectivity index (χ1) is 12.0. The molecule has 0 atom stereocenters. The maximum Gasteiger partial charge on any atom is 0.269 e. The fourth-order valence-corrected chi connectivity index (χ4v) is 2.87. The lowest BCUT2D eigenvalue weighted by Gasteiger charge is -2.11. The van der Waals surface area contributed by atoms with E-state index in [2.05, 4.69) is 10.6 Å². The normalized spacial score (nSPS) is 10.1. The van der Waals surface area contributed by atoms with E-state index in [9.17, 15) is 10.1 Å². The van der Waals surface area contributed by atoms with Gasteiger partial charge in [0.2, 0.25) is 0 Å². The summed E-state index contributed by atoms with van der Waals surface area (Å²) in [7, 11) is 0. The van der Waals surface area contributed by atoms with Crippen LogP contribution in [0.25, 0.3) is 0 Å². The van der Waals surface area contributed by atoms with Crippen molar-refractivity contribution in [3.63, 3.8) is 0 Å². The largest absolute Gasteiger partial charge is 0.491 e. The molecule has 2 aromatic rings. The number of non-ortho nitro benzene ring substituents is 1. The number of nitro benzene ring substituents is 1. The first-order valence-electron chi connectivity index (χ1n) is 7.81. The van der Waals surface area contributed by atoms with E-state index in [0.717, 1.165) is 11.3 Å². The fraction of sp³-hybridized carbons (Fsp3) is 0.294. The molecule has 0 unspecified atom stereocenters. The molecule has 9 heteroatoms. The minimum atomic E-state index is -0.418. The van der Waals surface area contributed by atoms with Gasteiger partial charge in [-0.3, -0.25) is 10.1 Å². The number of hydrogen-bond acceptors (Lipinski definition) is 5. The standard InChI is InChI=1S/C17H19Cl2N3O3.ClH/c1-2-25-17-15(18)9-12(10-16(17)19)11-20-7-8-21-13-3-5-14(6-4-13)22(23)24;/h3-6,9-10,20-21H,2,7-8,11H2,1H3;1H. The van der Waals surface area contributed by atoms with Crippen molar-refractivity contribution >= 4 is 47.0 Å². The Morgan fingerprint density at radius 1 is 1.12 bits per heavy atom. The molecule has 2 N–H and O–H groups in total. The predicted octanol–water partition coefficient (Wildman–Crippen LogP) is 4.92. The van der Waals surface area contributed by atoms with Gasteiger partial charge in [0.1, 0.15) is 0 Å². The smallest absolute Gasteiger partial charge is 0.269 e. The predicted molar refractivity (Wildman–Crippen MR) is 108 cm³/mol. The van der Waals surface area contributed by atoms with Crippen LogP contribution in [0.5, 0.6) is 5.75 Å². The number of anilines is 1. The summed E-state index contributed by atoms with van der Waals surface area (Å²) < 4.78 is 5.40. The molecule has 0 fully saturated rings. The van der Waals surface area contributed by atoms with E-state index in [1.54, 1.807) is 12.1 Å². The van der Waals surface area contributed by atoms with E-state index >= 15 is 0 Å². The Hall–Kier alpha value is -1.73. The van der Waals surface area contributed by atoms with Crippen LogP contribution in [0.1, 0.15) is 12.5 Å². The van der Waals surface area contributed by atoms with E-state index in [0.29, 0.717) is 42.0 Å². The molecule has 2 rings (SSSR count). The molecule has 0 saturated carbocycles. The van der Waals surface area contributed by atoms with Gasteiger partial charge in [-0.25, -0.2) is 0 Å². The van der Waals surface area contributed by atoms with Crippen LogP contribution in [0, 0.1) is 10.1 Å². The van der Waals surface area contributed by atoms with E-state index < -0.39 is 4.92 Å². The molecule has 0 radical (unpaired) electrons. The molecule has 142 valence electrons. The second-order valence-corrected chi connectivity index (χ2v) is 6.04. The Morgan fingerprint density at radius 3 is 2.27 bits per heavy atom. The van der Waals surface area contributed by atoms with Crippen LogP contribution >= 0.6 is 35.6 Å². The Labute approximate surface area is 168 Å². The van der Waals surface area contributed by atoms with E-state index in [4.69, 9.17) is 27.9 Å². The summed E-state index contributed by atoms with van der Waals surface area (Å²) >= 11 is 12.3. The first-order valence-corrected chi connectivity index (χ1v) is 8.56. The quantitative estimate of drug-likeness (QED) is 0.342. The van der Waals surface area contributed by atoms with Crippen molar-refractivity contribution in [3.8, 4) is 5.75 Å². The van der Waals surface area contributed by atoms with E-state index in [-0.39, 0.29) is 18.1 Å².